The number of anilines is 3. The summed E-state index contributed by atoms with van der Waals surface area (Å²) < 4.78 is 25.9. The fourth-order valence-electron chi connectivity index (χ4n) is 3.09. The fraction of sp³-hybridized carbons (Fsp3) is 0.0952. The number of para-hydroxylation sites is 1. The molecule has 0 aliphatic heterocycles. The number of carbonyl (C=O) groups excluding carboxylic acids is 1. The van der Waals surface area contributed by atoms with Crippen molar-refractivity contribution < 1.29 is 13.2 Å². The van der Waals surface area contributed by atoms with Gasteiger partial charge < -0.3 is 11.1 Å². The normalized spacial score (nSPS) is 11.4. The molecule has 4 aromatic rings. The Bertz CT molecular complexity index is 1360. The number of H-pyrrole nitrogens is 1. The SMILES string of the molecule is CCS(=O)(=O)Nc1ccc(-c2n[nH]c(Nc3ccc4ccccc4n3)c2C(N)=O)cc1. The Morgan fingerprint density at radius 3 is 2.52 bits per heavy atom. The number of aromatic nitrogens is 3. The van der Waals surface area contributed by atoms with Gasteiger partial charge >= 0.3 is 0 Å². The maximum Gasteiger partial charge on any atom is 0.254 e. The summed E-state index contributed by atoms with van der Waals surface area (Å²) in [7, 11) is -3.38. The molecule has 158 valence electrons. The largest absolute Gasteiger partial charge is 0.365 e. The average Bonchev–Trinajstić information content (AvgIpc) is 3.18. The molecule has 0 saturated heterocycles. The van der Waals surface area contributed by atoms with Crippen molar-refractivity contribution in [3.05, 3.63) is 66.2 Å². The van der Waals surface area contributed by atoms with Gasteiger partial charge in [-0.2, -0.15) is 5.10 Å². The molecule has 2 aromatic heterocycles. The van der Waals surface area contributed by atoms with Crippen LogP contribution in [0.4, 0.5) is 17.3 Å². The number of hydrogen-bond acceptors (Lipinski definition) is 6. The van der Waals surface area contributed by atoms with Gasteiger partial charge in [-0.25, -0.2) is 13.4 Å². The van der Waals surface area contributed by atoms with E-state index >= 15 is 0 Å². The number of pyridine rings is 1. The maximum absolute atomic E-state index is 12.2. The molecule has 0 aliphatic carbocycles. The Kier molecular flexibility index (Phi) is 5.30. The summed E-state index contributed by atoms with van der Waals surface area (Å²) in [4.78, 5) is 16.7. The van der Waals surface area contributed by atoms with Crippen molar-refractivity contribution in [3.8, 4) is 11.3 Å². The molecule has 1 amide bonds. The topological polar surface area (TPSA) is 143 Å². The predicted octanol–water partition coefficient (Wildman–Crippen LogP) is 3.23. The van der Waals surface area contributed by atoms with Crippen LogP contribution in [0.25, 0.3) is 22.2 Å². The van der Waals surface area contributed by atoms with Gasteiger partial charge in [0.25, 0.3) is 5.91 Å². The Balaban J connectivity index is 1.65. The third-order valence-electron chi connectivity index (χ3n) is 4.68. The Labute approximate surface area is 178 Å². The first-order valence-electron chi connectivity index (χ1n) is 9.48. The van der Waals surface area contributed by atoms with E-state index in [0.29, 0.717) is 28.6 Å². The number of benzene rings is 2. The van der Waals surface area contributed by atoms with E-state index in [1.807, 2.05) is 30.3 Å². The van der Waals surface area contributed by atoms with E-state index in [1.165, 1.54) is 0 Å². The van der Waals surface area contributed by atoms with Gasteiger partial charge in [0.2, 0.25) is 10.0 Å². The molecule has 0 atom stereocenters. The third-order valence-corrected chi connectivity index (χ3v) is 5.98. The van der Waals surface area contributed by atoms with Crippen molar-refractivity contribution in [1.29, 1.82) is 0 Å². The molecule has 4 rings (SSSR count). The van der Waals surface area contributed by atoms with Crippen LogP contribution in [-0.2, 0) is 10.0 Å². The molecule has 0 spiro atoms. The van der Waals surface area contributed by atoms with Crippen LogP contribution < -0.4 is 15.8 Å². The van der Waals surface area contributed by atoms with Crippen molar-refractivity contribution in [2.24, 2.45) is 5.73 Å². The monoisotopic (exact) mass is 436 g/mol. The number of hydrogen-bond donors (Lipinski definition) is 4. The van der Waals surface area contributed by atoms with Gasteiger partial charge in [0.1, 0.15) is 22.9 Å². The van der Waals surface area contributed by atoms with Crippen molar-refractivity contribution in [3.63, 3.8) is 0 Å². The summed E-state index contributed by atoms with van der Waals surface area (Å²) in [5, 5.41) is 11.1. The number of nitrogens with one attached hydrogen (secondary N) is 3. The minimum atomic E-state index is -3.38. The molecule has 0 unspecified atom stereocenters. The molecule has 2 aromatic carbocycles. The van der Waals surface area contributed by atoms with Crippen LogP contribution in [0.3, 0.4) is 0 Å². The second-order valence-electron chi connectivity index (χ2n) is 6.78. The van der Waals surface area contributed by atoms with E-state index in [4.69, 9.17) is 5.73 Å². The van der Waals surface area contributed by atoms with E-state index in [-0.39, 0.29) is 11.3 Å². The molecule has 0 radical (unpaired) electrons. The number of aromatic amines is 1. The van der Waals surface area contributed by atoms with Crippen molar-refractivity contribution in [2.45, 2.75) is 6.92 Å². The number of fused-ring (bicyclic) bond motifs is 1. The van der Waals surface area contributed by atoms with Gasteiger partial charge in [-0.15, -0.1) is 0 Å². The van der Waals surface area contributed by atoms with Crippen LogP contribution in [0.2, 0.25) is 0 Å². The van der Waals surface area contributed by atoms with Crippen molar-refractivity contribution in [2.75, 3.05) is 15.8 Å². The van der Waals surface area contributed by atoms with Crippen LogP contribution >= 0.6 is 0 Å². The zero-order valence-corrected chi connectivity index (χ0v) is 17.4. The Morgan fingerprint density at radius 1 is 1.06 bits per heavy atom. The van der Waals surface area contributed by atoms with Crippen LogP contribution in [0, 0.1) is 0 Å². The molecule has 0 fully saturated rings. The lowest BCUT2D eigenvalue weighted by Crippen LogP contribution is -2.14. The van der Waals surface area contributed by atoms with E-state index in [9.17, 15) is 13.2 Å². The highest BCUT2D eigenvalue weighted by Crippen LogP contribution is 2.29. The number of rotatable bonds is 7. The number of carbonyl (C=O) groups is 1. The van der Waals surface area contributed by atoms with Crippen molar-refractivity contribution in [1.82, 2.24) is 15.2 Å². The van der Waals surface area contributed by atoms with Crippen LogP contribution in [-0.4, -0.2) is 35.3 Å². The number of amides is 1. The van der Waals surface area contributed by atoms with E-state index in [1.54, 1.807) is 37.3 Å². The zero-order chi connectivity index (χ0) is 22.0. The fourth-order valence-corrected chi connectivity index (χ4v) is 3.73. The van der Waals surface area contributed by atoms with Gasteiger partial charge in [-0.1, -0.05) is 30.3 Å². The maximum atomic E-state index is 12.2. The first-order chi connectivity index (χ1) is 14.9. The zero-order valence-electron chi connectivity index (χ0n) is 16.6. The number of primary amides is 1. The quantitative estimate of drug-likeness (QED) is 0.350. The van der Waals surface area contributed by atoms with E-state index < -0.39 is 15.9 Å². The molecular formula is C21H20N6O3S. The molecule has 0 bridgehead atoms. The Morgan fingerprint density at radius 2 is 1.81 bits per heavy atom. The lowest BCUT2D eigenvalue weighted by atomic mass is 10.1. The summed E-state index contributed by atoms with van der Waals surface area (Å²) >= 11 is 0. The molecule has 0 aliphatic rings. The highest BCUT2D eigenvalue weighted by molar-refractivity contribution is 7.92. The lowest BCUT2D eigenvalue weighted by molar-refractivity contribution is 0.100. The van der Waals surface area contributed by atoms with E-state index in [0.717, 1.165) is 10.9 Å². The van der Waals surface area contributed by atoms with Crippen LogP contribution in [0.15, 0.2) is 60.7 Å². The number of nitrogens with zero attached hydrogens (tertiary/aromatic N) is 2. The Hall–Kier alpha value is -3.92. The first-order valence-corrected chi connectivity index (χ1v) is 11.1. The summed E-state index contributed by atoms with van der Waals surface area (Å²) in [5.74, 6) is 0.155. The second kappa shape index (κ2) is 8.07. The molecule has 5 N–H and O–H groups in total. The molecule has 31 heavy (non-hydrogen) atoms. The predicted molar refractivity (Wildman–Crippen MR) is 121 cm³/mol. The molecule has 0 saturated carbocycles. The van der Waals surface area contributed by atoms with Gasteiger partial charge in [0.05, 0.1) is 11.3 Å². The summed E-state index contributed by atoms with van der Waals surface area (Å²) in [5.41, 5.74) is 7.97. The molecular weight excluding hydrogens is 416 g/mol. The summed E-state index contributed by atoms with van der Waals surface area (Å²) in [6, 6.07) is 17.9. The highest BCUT2D eigenvalue weighted by atomic mass is 32.2. The van der Waals surface area contributed by atoms with Gasteiger partial charge in [0.15, 0.2) is 0 Å². The molecule has 9 nitrogen and oxygen atoms in total. The van der Waals surface area contributed by atoms with E-state index in [2.05, 4.69) is 25.2 Å². The standard InChI is InChI=1S/C21H20N6O3S/c1-2-31(29,30)27-15-10-7-14(8-11-15)19-18(20(22)28)21(26-25-19)24-17-12-9-13-5-3-4-6-16(13)23-17/h3-12,27H,2H2,1H3,(H2,22,28)(H2,23,24,25,26). The average molecular weight is 436 g/mol. The van der Waals surface area contributed by atoms with Gasteiger partial charge in [-0.05, 0) is 37.3 Å². The molecule has 2 heterocycles. The number of nitrogens with two attached hydrogens (primary N) is 1. The first kappa shape index (κ1) is 20.4. The van der Waals surface area contributed by atoms with Gasteiger partial charge in [0, 0.05) is 16.6 Å². The lowest BCUT2D eigenvalue weighted by Gasteiger charge is -2.08. The number of sulfonamides is 1. The van der Waals surface area contributed by atoms with Gasteiger partial charge in [-0.3, -0.25) is 14.6 Å². The second-order valence-corrected chi connectivity index (χ2v) is 8.79. The summed E-state index contributed by atoms with van der Waals surface area (Å²) in [6.07, 6.45) is 0. The van der Waals surface area contributed by atoms with Crippen LogP contribution in [0.1, 0.15) is 17.3 Å². The smallest absolute Gasteiger partial charge is 0.254 e. The third kappa shape index (κ3) is 4.33. The summed E-state index contributed by atoms with van der Waals surface area (Å²) in [6.45, 7) is 1.55. The van der Waals surface area contributed by atoms with Crippen molar-refractivity contribution >= 4 is 44.2 Å². The highest BCUT2D eigenvalue weighted by Gasteiger charge is 2.20. The minimum Gasteiger partial charge on any atom is -0.365 e. The minimum absolute atomic E-state index is 0.0300. The van der Waals surface area contributed by atoms with Crippen LogP contribution in [0.5, 0.6) is 0 Å². The molecule has 10 heteroatoms.